The van der Waals surface area contributed by atoms with E-state index < -0.39 is 0 Å². The first-order chi connectivity index (χ1) is 8.91. The van der Waals surface area contributed by atoms with Gasteiger partial charge in [-0.2, -0.15) is 0 Å². The molecule has 106 valence electrons. The summed E-state index contributed by atoms with van der Waals surface area (Å²) in [5.41, 5.74) is 3.14. The van der Waals surface area contributed by atoms with E-state index in [1.54, 1.807) is 0 Å². The van der Waals surface area contributed by atoms with Crippen molar-refractivity contribution in [3.05, 3.63) is 28.8 Å². The fraction of sp³-hybridized carbons (Fsp3) is 0.562. The summed E-state index contributed by atoms with van der Waals surface area (Å²) in [5, 5.41) is 0. The highest BCUT2D eigenvalue weighted by Gasteiger charge is 2.11. The number of esters is 1. The Bertz CT molecular complexity index is 436. The molecule has 0 aliphatic rings. The predicted octanol–water partition coefficient (Wildman–Crippen LogP) is 3.58. The summed E-state index contributed by atoms with van der Waals surface area (Å²) in [4.78, 5) is 11.8. The Balaban J connectivity index is 2.51. The third-order valence-corrected chi connectivity index (χ3v) is 2.99. The molecule has 1 rings (SSSR count). The number of ether oxygens (including phenoxy) is 2. The fourth-order valence-electron chi connectivity index (χ4n) is 1.72. The summed E-state index contributed by atoms with van der Waals surface area (Å²) in [5.74, 6) is 0.937. The van der Waals surface area contributed by atoms with Gasteiger partial charge in [0.15, 0.2) is 0 Å². The van der Waals surface area contributed by atoms with Crippen LogP contribution in [0, 0.1) is 26.7 Å². The van der Waals surface area contributed by atoms with Gasteiger partial charge in [-0.05, 0) is 43.4 Å². The first-order valence-corrected chi connectivity index (χ1v) is 6.77. The van der Waals surface area contributed by atoms with Crippen molar-refractivity contribution < 1.29 is 14.3 Å². The van der Waals surface area contributed by atoms with Gasteiger partial charge in [0.2, 0.25) is 0 Å². The quantitative estimate of drug-likeness (QED) is 0.447. The number of carbonyl (C=O) groups is 1. The standard InChI is InChI=1S/C16H24O3/c1-11(2)10-18-9-8-15(17)19-16-13(4)7-6-12(3)14(16)5/h6-7,11H,8-10H2,1-5H3. The van der Waals surface area contributed by atoms with Crippen molar-refractivity contribution in [3.8, 4) is 5.75 Å². The van der Waals surface area contributed by atoms with E-state index in [-0.39, 0.29) is 5.97 Å². The highest BCUT2D eigenvalue weighted by molar-refractivity contribution is 5.73. The molecule has 0 atom stereocenters. The van der Waals surface area contributed by atoms with Gasteiger partial charge in [0.25, 0.3) is 0 Å². The lowest BCUT2D eigenvalue weighted by atomic mass is 10.1. The number of hydrogen-bond acceptors (Lipinski definition) is 3. The molecule has 19 heavy (non-hydrogen) atoms. The van der Waals surface area contributed by atoms with Gasteiger partial charge in [0.1, 0.15) is 5.75 Å². The van der Waals surface area contributed by atoms with Gasteiger partial charge < -0.3 is 9.47 Å². The Morgan fingerprint density at radius 1 is 1.16 bits per heavy atom. The zero-order valence-electron chi connectivity index (χ0n) is 12.6. The topological polar surface area (TPSA) is 35.5 Å². The molecule has 0 saturated heterocycles. The van der Waals surface area contributed by atoms with Crippen molar-refractivity contribution in [1.82, 2.24) is 0 Å². The van der Waals surface area contributed by atoms with Crippen LogP contribution in [0.25, 0.3) is 0 Å². The van der Waals surface area contributed by atoms with Crippen LogP contribution in [0.4, 0.5) is 0 Å². The molecule has 0 aliphatic heterocycles. The lowest BCUT2D eigenvalue weighted by Crippen LogP contribution is -2.14. The maximum absolute atomic E-state index is 11.8. The van der Waals surface area contributed by atoms with E-state index in [9.17, 15) is 4.79 Å². The maximum atomic E-state index is 11.8. The summed E-state index contributed by atoms with van der Waals surface area (Å²) in [6.45, 7) is 11.2. The molecule has 3 heteroatoms. The first kappa shape index (κ1) is 15.7. The lowest BCUT2D eigenvalue weighted by molar-refractivity contribution is -0.135. The summed E-state index contributed by atoms with van der Waals surface area (Å²) in [6, 6.07) is 4.01. The van der Waals surface area contributed by atoms with Crippen LogP contribution in [0.3, 0.4) is 0 Å². The summed E-state index contributed by atoms with van der Waals surface area (Å²) in [7, 11) is 0. The molecular weight excluding hydrogens is 240 g/mol. The van der Waals surface area contributed by atoms with E-state index in [1.807, 2.05) is 32.9 Å². The molecule has 0 saturated carbocycles. The van der Waals surface area contributed by atoms with Gasteiger partial charge in [-0.15, -0.1) is 0 Å². The van der Waals surface area contributed by atoms with E-state index in [0.717, 1.165) is 16.7 Å². The van der Waals surface area contributed by atoms with Crippen LogP contribution in [-0.4, -0.2) is 19.2 Å². The minimum Gasteiger partial charge on any atom is -0.426 e. The van der Waals surface area contributed by atoms with Gasteiger partial charge in [-0.1, -0.05) is 26.0 Å². The van der Waals surface area contributed by atoms with Crippen molar-refractivity contribution in [3.63, 3.8) is 0 Å². The molecular formula is C16H24O3. The van der Waals surface area contributed by atoms with Gasteiger partial charge in [-0.25, -0.2) is 0 Å². The van der Waals surface area contributed by atoms with Crippen molar-refractivity contribution in [2.45, 2.75) is 41.0 Å². The molecule has 0 fully saturated rings. The molecule has 0 bridgehead atoms. The van der Waals surface area contributed by atoms with Crippen LogP contribution < -0.4 is 4.74 Å². The molecule has 1 aromatic carbocycles. The minimum atomic E-state index is -0.236. The van der Waals surface area contributed by atoms with Gasteiger partial charge in [0, 0.05) is 6.61 Å². The second-order valence-electron chi connectivity index (χ2n) is 5.35. The van der Waals surface area contributed by atoms with Gasteiger partial charge in [0.05, 0.1) is 13.0 Å². The zero-order chi connectivity index (χ0) is 14.4. The van der Waals surface area contributed by atoms with Gasteiger partial charge >= 0.3 is 5.97 Å². The summed E-state index contributed by atoms with van der Waals surface area (Å²) in [6.07, 6.45) is 0.291. The second-order valence-corrected chi connectivity index (χ2v) is 5.35. The minimum absolute atomic E-state index is 0.236. The number of benzene rings is 1. The summed E-state index contributed by atoms with van der Waals surface area (Å²) >= 11 is 0. The number of rotatable bonds is 6. The SMILES string of the molecule is Cc1ccc(C)c(OC(=O)CCOCC(C)C)c1C. The fourth-order valence-corrected chi connectivity index (χ4v) is 1.72. The van der Waals surface area contributed by atoms with E-state index in [0.29, 0.717) is 31.3 Å². The largest absolute Gasteiger partial charge is 0.426 e. The van der Waals surface area contributed by atoms with E-state index >= 15 is 0 Å². The van der Waals surface area contributed by atoms with Crippen LogP contribution in [0.5, 0.6) is 5.75 Å². The first-order valence-electron chi connectivity index (χ1n) is 6.77. The highest BCUT2D eigenvalue weighted by Crippen LogP contribution is 2.25. The molecule has 0 unspecified atom stereocenters. The smallest absolute Gasteiger partial charge is 0.313 e. The Kier molecular flexibility index (Phi) is 6.03. The molecule has 0 radical (unpaired) electrons. The van der Waals surface area contributed by atoms with Gasteiger partial charge in [-0.3, -0.25) is 4.79 Å². The van der Waals surface area contributed by atoms with E-state index in [1.165, 1.54) is 0 Å². The van der Waals surface area contributed by atoms with Crippen LogP contribution in [0.15, 0.2) is 12.1 Å². The van der Waals surface area contributed by atoms with E-state index in [2.05, 4.69) is 13.8 Å². The zero-order valence-corrected chi connectivity index (χ0v) is 12.6. The third kappa shape index (κ3) is 5.03. The molecule has 3 nitrogen and oxygen atoms in total. The molecule has 0 N–H and O–H groups in total. The number of carbonyl (C=O) groups excluding carboxylic acids is 1. The monoisotopic (exact) mass is 264 g/mol. The Morgan fingerprint density at radius 2 is 1.79 bits per heavy atom. The van der Waals surface area contributed by atoms with Crippen molar-refractivity contribution >= 4 is 5.97 Å². The summed E-state index contributed by atoms with van der Waals surface area (Å²) < 4.78 is 10.8. The number of hydrogen-bond donors (Lipinski definition) is 0. The molecule has 0 heterocycles. The second kappa shape index (κ2) is 7.29. The average Bonchev–Trinajstić information content (AvgIpc) is 2.35. The lowest BCUT2D eigenvalue weighted by Gasteiger charge is -2.12. The molecule has 0 amide bonds. The average molecular weight is 264 g/mol. The third-order valence-electron chi connectivity index (χ3n) is 2.99. The maximum Gasteiger partial charge on any atom is 0.313 e. The van der Waals surface area contributed by atoms with Crippen LogP contribution in [0.2, 0.25) is 0 Å². The van der Waals surface area contributed by atoms with Crippen LogP contribution in [-0.2, 0) is 9.53 Å². The molecule has 0 spiro atoms. The molecule has 0 aliphatic carbocycles. The molecule has 0 aromatic heterocycles. The Hall–Kier alpha value is -1.35. The highest BCUT2D eigenvalue weighted by atomic mass is 16.5. The Morgan fingerprint density at radius 3 is 2.42 bits per heavy atom. The van der Waals surface area contributed by atoms with Crippen LogP contribution in [0.1, 0.15) is 37.0 Å². The predicted molar refractivity (Wildman–Crippen MR) is 76.6 cm³/mol. The normalized spacial score (nSPS) is 10.8. The van der Waals surface area contributed by atoms with E-state index in [4.69, 9.17) is 9.47 Å². The van der Waals surface area contributed by atoms with Crippen molar-refractivity contribution in [2.24, 2.45) is 5.92 Å². The van der Waals surface area contributed by atoms with Crippen molar-refractivity contribution in [2.75, 3.05) is 13.2 Å². The van der Waals surface area contributed by atoms with Crippen LogP contribution >= 0.6 is 0 Å². The van der Waals surface area contributed by atoms with Crippen molar-refractivity contribution in [1.29, 1.82) is 0 Å². The number of aryl methyl sites for hydroxylation is 2. The Labute approximate surface area is 115 Å². The molecule has 1 aromatic rings.